The van der Waals surface area contributed by atoms with Gasteiger partial charge in [-0.2, -0.15) is 0 Å². The van der Waals surface area contributed by atoms with Crippen molar-refractivity contribution in [3.8, 4) is 0 Å². The monoisotopic (exact) mass is 366 g/mol. The van der Waals surface area contributed by atoms with Crippen molar-refractivity contribution >= 4 is 61.0 Å². The molecular weight excluding hydrogens is 363 g/mol. The Morgan fingerprint density at radius 1 is 1.19 bits per heavy atom. The van der Waals surface area contributed by atoms with Crippen LogP contribution in [0.1, 0.15) is 0 Å². The maximum atomic E-state index is 11.8. The van der Waals surface area contributed by atoms with E-state index < -0.39 is 9.65 Å². The van der Waals surface area contributed by atoms with Crippen LogP contribution in [0.25, 0.3) is 0 Å². The molecule has 84 valence electrons. The molecule has 1 aromatic heterocycles. The van der Waals surface area contributed by atoms with Gasteiger partial charge in [0.05, 0.1) is 11.9 Å². The van der Waals surface area contributed by atoms with Gasteiger partial charge in [-0.05, 0) is 12.1 Å². The second-order valence-corrected chi connectivity index (χ2v) is 5.51. The van der Waals surface area contributed by atoms with E-state index in [4.69, 9.17) is 11.6 Å². The molecule has 0 spiro atoms. The Morgan fingerprint density at radius 3 is 2.19 bits per heavy atom. The highest BCUT2D eigenvalue weighted by molar-refractivity contribution is 9.12. The molecule has 2 rings (SSSR count). The van der Waals surface area contributed by atoms with Crippen LogP contribution >= 0.6 is 43.5 Å². The maximum absolute atomic E-state index is 11.8. The van der Waals surface area contributed by atoms with Gasteiger partial charge in [0.15, 0.2) is 0 Å². The van der Waals surface area contributed by atoms with Crippen LogP contribution in [0, 0.1) is 0 Å². The lowest BCUT2D eigenvalue weighted by Gasteiger charge is -2.13. The molecule has 2 amide bonds. The van der Waals surface area contributed by atoms with Crippen LogP contribution < -0.4 is 4.90 Å². The van der Waals surface area contributed by atoms with E-state index in [9.17, 15) is 9.59 Å². The van der Waals surface area contributed by atoms with Crippen molar-refractivity contribution in [3.05, 3.63) is 23.5 Å². The third-order valence-electron chi connectivity index (χ3n) is 2.14. The highest BCUT2D eigenvalue weighted by Gasteiger charge is 2.45. The predicted octanol–water partition coefficient (Wildman–Crippen LogP) is 2.14. The molecule has 1 fully saturated rings. The predicted molar refractivity (Wildman–Crippen MR) is 67.2 cm³/mol. The number of imide groups is 1. The first-order chi connectivity index (χ1) is 7.52. The minimum atomic E-state index is -0.546. The number of pyridine rings is 1. The minimum absolute atomic E-state index is 0.309. The molecule has 16 heavy (non-hydrogen) atoms. The van der Waals surface area contributed by atoms with Gasteiger partial charge in [0, 0.05) is 0 Å². The van der Waals surface area contributed by atoms with Crippen molar-refractivity contribution < 1.29 is 9.59 Å². The van der Waals surface area contributed by atoms with Crippen LogP contribution in [0.4, 0.5) is 5.69 Å². The molecule has 2 unspecified atom stereocenters. The van der Waals surface area contributed by atoms with Crippen LogP contribution in [0.2, 0.25) is 5.15 Å². The van der Waals surface area contributed by atoms with Gasteiger partial charge in [-0.25, -0.2) is 9.88 Å². The fraction of sp³-hybridized carbons (Fsp3) is 0.222. The van der Waals surface area contributed by atoms with Crippen LogP contribution in [0.3, 0.4) is 0 Å². The first-order valence-electron chi connectivity index (χ1n) is 4.30. The Bertz CT molecular complexity index is 431. The Balaban J connectivity index is 2.38. The standard InChI is InChI=1S/C9H5Br2ClN2O2/c10-6-7(11)9(16)14(8(6)15)4-1-2-5(12)13-3-4/h1-3,6-7H. The van der Waals surface area contributed by atoms with E-state index in [-0.39, 0.29) is 11.8 Å². The summed E-state index contributed by atoms with van der Waals surface area (Å²) in [6, 6.07) is 3.11. The maximum Gasteiger partial charge on any atom is 0.249 e. The van der Waals surface area contributed by atoms with E-state index >= 15 is 0 Å². The molecule has 7 heteroatoms. The van der Waals surface area contributed by atoms with Crippen molar-refractivity contribution in [2.45, 2.75) is 9.65 Å². The second kappa shape index (κ2) is 4.43. The highest BCUT2D eigenvalue weighted by Crippen LogP contribution is 2.30. The summed E-state index contributed by atoms with van der Waals surface area (Å²) in [5, 5.41) is 0.314. The van der Waals surface area contributed by atoms with Gasteiger partial charge in [-0.15, -0.1) is 0 Å². The number of anilines is 1. The van der Waals surface area contributed by atoms with Gasteiger partial charge in [-0.1, -0.05) is 43.5 Å². The van der Waals surface area contributed by atoms with Gasteiger partial charge in [0.2, 0.25) is 11.8 Å². The molecule has 0 N–H and O–H groups in total. The Morgan fingerprint density at radius 2 is 1.75 bits per heavy atom. The number of rotatable bonds is 1. The molecule has 0 aliphatic carbocycles. The summed E-state index contributed by atoms with van der Waals surface area (Å²) in [7, 11) is 0. The molecule has 2 heterocycles. The molecule has 0 bridgehead atoms. The van der Waals surface area contributed by atoms with Gasteiger partial charge in [0.25, 0.3) is 0 Å². The quantitative estimate of drug-likeness (QED) is 0.434. The molecule has 4 nitrogen and oxygen atoms in total. The van der Waals surface area contributed by atoms with E-state index in [1.165, 1.54) is 12.3 Å². The van der Waals surface area contributed by atoms with E-state index in [0.717, 1.165) is 4.90 Å². The van der Waals surface area contributed by atoms with E-state index in [1.807, 2.05) is 0 Å². The van der Waals surface area contributed by atoms with Gasteiger partial charge < -0.3 is 0 Å². The van der Waals surface area contributed by atoms with Crippen LogP contribution in [-0.4, -0.2) is 26.5 Å². The molecular formula is C9H5Br2ClN2O2. The zero-order chi connectivity index (χ0) is 11.9. The van der Waals surface area contributed by atoms with Crippen LogP contribution in [0.15, 0.2) is 18.3 Å². The average molecular weight is 368 g/mol. The Kier molecular flexibility index (Phi) is 3.32. The number of halogens is 3. The SMILES string of the molecule is O=C1C(Br)C(Br)C(=O)N1c1ccc(Cl)nc1. The number of carbonyl (C=O) groups is 2. The van der Waals surface area contributed by atoms with Gasteiger partial charge >= 0.3 is 0 Å². The van der Waals surface area contributed by atoms with E-state index in [1.54, 1.807) is 6.07 Å². The summed E-state index contributed by atoms with van der Waals surface area (Å²) in [5.74, 6) is -0.619. The van der Waals surface area contributed by atoms with Crippen LogP contribution in [-0.2, 0) is 9.59 Å². The number of alkyl halides is 2. The smallest absolute Gasteiger partial charge is 0.249 e. The zero-order valence-corrected chi connectivity index (χ0v) is 11.7. The van der Waals surface area contributed by atoms with Gasteiger partial charge in [-0.3, -0.25) is 9.59 Å². The molecule has 0 radical (unpaired) electrons. The Labute approximate surface area is 113 Å². The normalized spacial score (nSPS) is 25.3. The summed E-state index contributed by atoms with van der Waals surface area (Å²) in [6.45, 7) is 0. The lowest BCUT2D eigenvalue weighted by molar-refractivity contribution is -0.121. The molecule has 1 aliphatic heterocycles. The van der Waals surface area contributed by atoms with Crippen molar-refractivity contribution in [1.29, 1.82) is 0 Å². The number of aromatic nitrogens is 1. The third-order valence-corrected chi connectivity index (χ3v) is 4.91. The van der Waals surface area contributed by atoms with Crippen molar-refractivity contribution in [1.82, 2.24) is 4.98 Å². The fourth-order valence-corrected chi connectivity index (χ4v) is 2.33. The number of hydrogen-bond donors (Lipinski definition) is 0. The molecule has 2 atom stereocenters. The first-order valence-corrected chi connectivity index (χ1v) is 6.51. The van der Waals surface area contributed by atoms with E-state index in [0.29, 0.717) is 10.8 Å². The van der Waals surface area contributed by atoms with E-state index in [2.05, 4.69) is 36.8 Å². The minimum Gasteiger partial charge on any atom is -0.273 e. The van der Waals surface area contributed by atoms with Crippen LogP contribution in [0.5, 0.6) is 0 Å². The van der Waals surface area contributed by atoms with Gasteiger partial charge in [0.1, 0.15) is 14.8 Å². The number of nitrogens with zero attached hydrogens (tertiary/aromatic N) is 2. The summed E-state index contributed by atoms with van der Waals surface area (Å²) in [4.78, 5) is 27.4. The number of amides is 2. The average Bonchev–Trinajstić information content (AvgIpc) is 2.46. The van der Waals surface area contributed by atoms with Crippen molar-refractivity contribution in [3.63, 3.8) is 0 Å². The number of hydrogen-bond acceptors (Lipinski definition) is 3. The largest absolute Gasteiger partial charge is 0.273 e. The molecule has 1 saturated heterocycles. The van der Waals surface area contributed by atoms with Crippen molar-refractivity contribution in [2.75, 3.05) is 4.90 Å². The summed E-state index contributed by atoms with van der Waals surface area (Å²) in [6.07, 6.45) is 1.39. The topological polar surface area (TPSA) is 50.3 Å². The second-order valence-electron chi connectivity index (χ2n) is 3.15. The zero-order valence-electron chi connectivity index (χ0n) is 7.73. The molecule has 1 aliphatic rings. The lowest BCUT2D eigenvalue weighted by atomic mass is 10.4. The highest BCUT2D eigenvalue weighted by atomic mass is 79.9. The lowest BCUT2D eigenvalue weighted by Crippen LogP contribution is -2.31. The fourth-order valence-electron chi connectivity index (χ4n) is 1.36. The summed E-state index contributed by atoms with van der Waals surface area (Å²) >= 11 is 11.9. The Hall–Kier alpha value is -0.460. The first kappa shape index (κ1) is 12.0. The molecule has 0 saturated carbocycles. The number of carbonyl (C=O) groups excluding carboxylic acids is 2. The molecule has 1 aromatic rings. The summed E-state index contributed by atoms with van der Waals surface area (Å²) in [5.41, 5.74) is 0.422. The molecule has 0 aromatic carbocycles. The third kappa shape index (κ3) is 1.89. The van der Waals surface area contributed by atoms with Crippen molar-refractivity contribution in [2.24, 2.45) is 0 Å². The summed E-state index contributed by atoms with van der Waals surface area (Å²) < 4.78 is 0.